The zero-order chi connectivity index (χ0) is 11.0. The Morgan fingerprint density at radius 2 is 2.07 bits per heavy atom. The van der Waals surface area contributed by atoms with E-state index in [0.717, 1.165) is 11.1 Å². The van der Waals surface area contributed by atoms with Crippen LogP contribution in [0.3, 0.4) is 0 Å². The minimum atomic E-state index is -0.0398. The highest BCUT2D eigenvalue weighted by molar-refractivity contribution is 5.92. The molecule has 1 aromatic heterocycles. The van der Waals surface area contributed by atoms with Gasteiger partial charge in [0, 0.05) is 36.3 Å². The first-order valence-electron chi connectivity index (χ1n) is 4.91. The molecule has 0 bridgehead atoms. The van der Waals surface area contributed by atoms with Crippen molar-refractivity contribution in [1.82, 2.24) is 4.57 Å². The zero-order valence-corrected chi connectivity index (χ0v) is 9.16. The number of carbonyl (C=O) groups excluding carboxylic acids is 1. The molecule has 0 radical (unpaired) electrons. The second kappa shape index (κ2) is 3.42. The van der Waals surface area contributed by atoms with E-state index in [4.69, 9.17) is 0 Å². The van der Waals surface area contributed by atoms with Gasteiger partial charge in [-0.25, -0.2) is 0 Å². The van der Waals surface area contributed by atoms with Gasteiger partial charge in [0.15, 0.2) is 0 Å². The van der Waals surface area contributed by atoms with Crippen molar-refractivity contribution in [3.8, 4) is 0 Å². The number of benzene rings is 1. The first-order valence-corrected chi connectivity index (χ1v) is 4.91. The molecule has 1 aromatic carbocycles. The number of hydrogen-bond acceptors (Lipinski definition) is 1. The second-order valence-electron chi connectivity index (χ2n) is 3.80. The maximum Gasteiger partial charge on any atom is 0.221 e. The third-order valence-corrected chi connectivity index (χ3v) is 2.60. The lowest BCUT2D eigenvalue weighted by molar-refractivity contribution is -0.114. The Morgan fingerprint density at radius 1 is 1.33 bits per heavy atom. The number of rotatable bonds is 1. The molecule has 1 N–H and O–H groups in total. The number of hydrogen-bond donors (Lipinski definition) is 1. The minimum Gasteiger partial charge on any atom is -0.348 e. The molecular formula is C12H14N2O. The number of fused-ring (bicyclic) bond motifs is 1. The van der Waals surface area contributed by atoms with Crippen molar-refractivity contribution < 1.29 is 4.79 Å². The average molecular weight is 202 g/mol. The SMILES string of the molecule is CC(=O)Nc1ccc2c(c1)cc(C)n2C. The first kappa shape index (κ1) is 9.77. The molecule has 2 aromatic rings. The van der Waals surface area contributed by atoms with E-state index in [1.807, 2.05) is 25.2 Å². The summed E-state index contributed by atoms with van der Waals surface area (Å²) >= 11 is 0. The fourth-order valence-corrected chi connectivity index (χ4v) is 1.77. The van der Waals surface area contributed by atoms with Crippen LogP contribution in [0.25, 0.3) is 10.9 Å². The summed E-state index contributed by atoms with van der Waals surface area (Å²) in [4.78, 5) is 10.9. The molecular weight excluding hydrogens is 188 g/mol. The van der Waals surface area contributed by atoms with Crippen molar-refractivity contribution in [2.24, 2.45) is 7.05 Å². The number of amides is 1. The second-order valence-corrected chi connectivity index (χ2v) is 3.80. The molecule has 0 unspecified atom stereocenters. The van der Waals surface area contributed by atoms with Gasteiger partial charge in [-0.2, -0.15) is 0 Å². The highest BCUT2D eigenvalue weighted by atomic mass is 16.1. The molecule has 0 atom stereocenters. The molecule has 2 rings (SSSR count). The summed E-state index contributed by atoms with van der Waals surface area (Å²) in [7, 11) is 2.04. The summed E-state index contributed by atoms with van der Waals surface area (Å²) in [5.41, 5.74) is 3.24. The van der Waals surface area contributed by atoms with Crippen molar-refractivity contribution >= 4 is 22.5 Å². The molecule has 1 amide bonds. The Hall–Kier alpha value is -1.77. The monoisotopic (exact) mass is 202 g/mol. The number of anilines is 1. The highest BCUT2D eigenvalue weighted by Gasteiger charge is 2.03. The predicted molar refractivity (Wildman–Crippen MR) is 62.0 cm³/mol. The van der Waals surface area contributed by atoms with Gasteiger partial charge in [0.25, 0.3) is 0 Å². The lowest BCUT2D eigenvalue weighted by Crippen LogP contribution is -2.05. The topological polar surface area (TPSA) is 34.0 Å². The molecule has 0 aliphatic carbocycles. The van der Waals surface area contributed by atoms with Gasteiger partial charge in [-0.05, 0) is 31.2 Å². The normalized spacial score (nSPS) is 10.6. The van der Waals surface area contributed by atoms with Gasteiger partial charge < -0.3 is 9.88 Å². The fraction of sp³-hybridized carbons (Fsp3) is 0.250. The van der Waals surface area contributed by atoms with Gasteiger partial charge in [0.1, 0.15) is 0 Å². The number of nitrogens with one attached hydrogen (secondary N) is 1. The van der Waals surface area contributed by atoms with Gasteiger partial charge in [-0.15, -0.1) is 0 Å². The minimum absolute atomic E-state index is 0.0398. The van der Waals surface area contributed by atoms with E-state index < -0.39 is 0 Å². The molecule has 0 fully saturated rings. The quantitative estimate of drug-likeness (QED) is 0.757. The van der Waals surface area contributed by atoms with Crippen LogP contribution in [0.2, 0.25) is 0 Å². The van der Waals surface area contributed by atoms with E-state index in [2.05, 4.69) is 22.9 Å². The van der Waals surface area contributed by atoms with Crippen LogP contribution in [0.1, 0.15) is 12.6 Å². The molecule has 0 aliphatic heterocycles. The van der Waals surface area contributed by atoms with Crippen molar-refractivity contribution in [3.63, 3.8) is 0 Å². The van der Waals surface area contributed by atoms with Crippen molar-refractivity contribution in [2.45, 2.75) is 13.8 Å². The average Bonchev–Trinajstić information content (AvgIpc) is 2.41. The summed E-state index contributed by atoms with van der Waals surface area (Å²) in [6.07, 6.45) is 0. The predicted octanol–water partition coefficient (Wildman–Crippen LogP) is 2.45. The maximum absolute atomic E-state index is 10.9. The van der Waals surface area contributed by atoms with Crippen LogP contribution >= 0.6 is 0 Å². The summed E-state index contributed by atoms with van der Waals surface area (Å²) < 4.78 is 2.13. The third kappa shape index (κ3) is 1.73. The Kier molecular flexibility index (Phi) is 2.23. The maximum atomic E-state index is 10.9. The largest absolute Gasteiger partial charge is 0.348 e. The highest BCUT2D eigenvalue weighted by Crippen LogP contribution is 2.22. The van der Waals surface area contributed by atoms with Gasteiger partial charge in [0.2, 0.25) is 5.91 Å². The molecule has 1 heterocycles. The smallest absolute Gasteiger partial charge is 0.221 e. The van der Waals surface area contributed by atoms with E-state index in [1.54, 1.807) is 0 Å². The van der Waals surface area contributed by atoms with Crippen molar-refractivity contribution in [3.05, 3.63) is 30.0 Å². The van der Waals surface area contributed by atoms with Crippen LogP contribution in [-0.4, -0.2) is 10.5 Å². The zero-order valence-electron chi connectivity index (χ0n) is 9.16. The van der Waals surface area contributed by atoms with Gasteiger partial charge in [-0.3, -0.25) is 4.79 Å². The summed E-state index contributed by atoms with van der Waals surface area (Å²) in [5.74, 6) is -0.0398. The van der Waals surface area contributed by atoms with Crippen molar-refractivity contribution in [2.75, 3.05) is 5.32 Å². The molecule has 3 nitrogen and oxygen atoms in total. The Morgan fingerprint density at radius 3 is 2.73 bits per heavy atom. The van der Waals surface area contributed by atoms with Crippen LogP contribution in [0.5, 0.6) is 0 Å². The van der Waals surface area contributed by atoms with E-state index in [-0.39, 0.29) is 5.91 Å². The molecule has 0 spiro atoms. The molecule has 15 heavy (non-hydrogen) atoms. The van der Waals surface area contributed by atoms with Crippen molar-refractivity contribution in [1.29, 1.82) is 0 Å². The third-order valence-electron chi connectivity index (χ3n) is 2.60. The van der Waals surface area contributed by atoms with Crippen LogP contribution < -0.4 is 5.32 Å². The van der Waals surface area contributed by atoms with Gasteiger partial charge in [-0.1, -0.05) is 0 Å². The lowest BCUT2D eigenvalue weighted by atomic mass is 10.2. The van der Waals surface area contributed by atoms with E-state index >= 15 is 0 Å². The first-order chi connectivity index (χ1) is 7.08. The van der Waals surface area contributed by atoms with Gasteiger partial charge >= 0.3 is 0 Å². The van der Waals surface area contributed by atoms with Crippen LogP contribution in [0.4, 0.5) is 5.69 Å². The number of nitrogens with zero attached hydrogens (tertiary/aromatic N) is 1. The summed E-state index contributed by atoms with van der Waals surface area (Å²) in [6.45, 7) is 3.58. The summed E-state index contributed by atoms with van der Waals surface area (Å²) in [6, 6.07) is 8.04. The van der Waals surface area contributed by atoms with Gasteiger partial charge in [0.05, 0.1) is 0 Å². The Balaban J connectivity index is 2.52. The molecule has 0 aliphatic rings. The standard InChI is InChI=1S/C12H14N2O/c1-8-6-10-7-11(13-9(2)15)4-5-12(10)14(8)3/h4-7H,1-3H3,(H,13,15). The number of aryl methyl sites for hydroxylation is 2. The fourth-order valence-electron chi connectivity index (χ4n) is 1.77. The number of aromatic nitrogens is 1. The molecule has 0 saturated heterocycles. The van der Waals surface area contributed by atoms with E-state index in [1.165, 1.54) is 18.1 Å². The molecule has 3 heteroatoms. The summed E-state index contributed by atoms with van der Waals surface area (Å²) in [5, 5.41) is 3.93. The Labute approximate surface area is 88.7 Å². The van der Waals surface area contributed by atoms with Crippen LogP contribution in [0.15, 0.2) is 24.3 Å². The van der Waals surface area contributed by atoms with E-state index in [0.29, 0.717) is 0 Å². The van der Waals surface area contributed by atoms with E-state index in [9.17, 15) is 4.79 Å². The number of carbonyl (C=O) groups is 1. The van der Waals surface area contributed by atoms with Crippen LogP contribution in [-0.2, 0) is 11.8 Å². The molecule has 0 saturated carbocycles. The molecule has 78 valence electrons. The lowest BCUT2D eigenvalue weighted by Gasteiger charge is -2.02. The van der Waals surface area contributed by atoms with Crippen LogP contribution in [0, 0.1) is 6.92 Å². The Bertz CT molecular complexity index is 526.